The standard InChI is InChI=1S/C30H54O14/c1-9-15(5)21(34)27(37)42-25(17(7)11-3)29(39)44-26(18(8)12-4)30(40)43-24(16(6)10-2)28(38)41-14-20(33)23(36)22(35)19(32)13-31/h15-26,31-36H,9-14H2,1-8H3/t15-,16-,17-,18-,19+,20-,21-,22+,23-,24-,25-,26-/m0/s1. The highest BCUT2D eigenvalue weighted by Crippen LogP contribution is 2.23. The summed E-state index contributed by atoms with van der Waals surface area (Å²) in [4.78, 5) is 52.1. The van der Waals surface area contributed by atoms with Gasteiger partial charge in [-0.1, -0.05) is 61.8 Å². The zero-order valence-corrected chi connectivity index (χ0v) is 27.1. The molecule has 0 aromatic carbocycles. The molecule has 0 aromatic rings. The lowest BCUT2D eigenvalue weighted by Crippen LogP contribution is -2.48. The Morgan fingerprint density at radius 1 is 0.523 bits per heavy atom. The van der Waals surface area contributed by atoms with E-state index in [-0.39, 0.29) is 0 Å². The van der Waals surface area contributed by atoms with Gasteiger partial charge in [-0.25, -0.2) is 19.2 Å². The molecule has 0 bridgehead atoms. The van der Waals surface area contributed by atoms with Crippen molar-refractivity contribution in [2.24, 2.45) is 23.7 Å². The Balaban J connectivity index is 5.85. The van der Waals surface area contributed by atoms with E-state index in [4.69, 9.17) is 24.1 Å². The molecule has 0 aliphatic carbocycles. The zero-order chi connectivity index (χ0) is 34.3. The van der Waals surface area contributed by atoms with Gasteiger partial charge in [0.1, 0.15) is 31.0 Å². The molecular formula is C30H54O14. The summed E-state index contributed by atoms with van der Waals surface area (Å²) in [6, 6.07) is 0. The molecule has 258 valence electrons. The number of carbonyl (C=O) groups is 4. The van der Waals surface area contributed by atoms with Crippen LogP contribution in [-0.4, -0.2) is 117 Å². The van der Waals surface area contributed by atoms with Crippen LogP contribution < -0.4 is 0 Å². The van der Waals surface area contributed by atoms with E-state index in [1.165, 1.54) is 0 Å². The van der Waals surface area contributed by atoms with Crippen molar-refractivity contribution in [2.75, 3.05) is 13.2 Å². The maximum absolute atomic E-state index is 13.3. The largest absolute Gasteiger partial charge is 0.460 e. The summed E-state index contributed by atoms with van der Waals surface area (Å²) in [5, 5.41) is 58.5. The van der Waals surface area contributed by atoms with Gasteiger partial charge in [-0.2, -0.15) is 0 Å². The maximum atomic E-state index is 13.3. The van der Waals surface area contributed by atoms with Crippen LogP contribution in [0.2, 0.25) is 0 Å². The fourth-order valence-electron chi connectivity index (χ4n) is 3.78. The van der Waals surface area contributed by atoms with Crippen molar-refractivity contribution in [3.05, 3.63) is 0 Å². The van der Waals surface area contributed by atoms with E-state index >= 15 is 0 Å². The van der Waals surface area contributed by atoms with Crippen molar-refractivity contribution >= 4 is 23.9 Å². The molecule has 6 N–H and O–H groups in total. The van der Waals surface area contributed by atoms with Crippen molar-refractivity contribution in [3.63, 3.8) is 0 Å². The maximum Gasteiger partial charge on any atom is 0.348 e. The first kappa shape index (κ1) is 41.6. The molecule has 0 heterocycles. The van der Waals surface area contributed by atoms with Crippen molar-refractivity contribution in [3.8, 4) is 0 Å². The predicted molar refractivity (Wildman–Crippen MR) is 156 cm³/mol. The molecule has 14 nitrogen and oxygen atoms in total. The topological polar surface area (TPSA) is 227 Å². The Bertz CT molecular complexity index is 882. The van der Waals surface area contributed by atoms with Crippen LogP contribution in [0.4, 0.5) is 0 Å². The number of ether oxygens (including phenoxy) is 4. The molecule has 0 aliphatic rings. The summed E-state index contributed by atoms with van der Waals surface area (Å²) in [6.45, 7) is 11.8. The monoisotopic (exact) mass is 638 g/mol. The molecule has 0 aliphatic heterocycles. The Morgan fingerprint density at radius 2 is 0.864 bits per heavy atom. The summed E-state index contributed by atoms with van der Waals surface area (Å²) in [7, 11) is 0. The highest BCUT2D eigenvalue weighted by Gasteiger charge is 2.40. The van der Waals surface area contributed by atoms with Crippen LogP contribution in [0.5, 0.6) is 0 Å². The van der Waals surface area contributed by atoms with Crippen LogP contribution >= 0.6 is 0 Å². The number of rotatable bonds is 21. The molecule has 0 fully saturated rings. The minimum atomic E-state index is -1.97. The van der Waals surface area contributed by atoms with Gasteiger partial charge in [0, 0.05) is 17.8 Å². The second kappa shape index (κ2) is 20.6. The van der Waals surface area contributed by atoms with Gasteiger partial charge in [-0.15, -0.1) is 0 Å². The fourth-order valence-corrected chi connectivity index (χ4v) is 3.78. The van der Waals surface area contributed by atoms with Gasteiger partial charge < -0.3 is 49.6 Å². The van der Waals surface area contributed by atoms with Gasteiger partial charge in [-0.3, -0.25) is 0 Å². The first-order valence-electron chi connectivity index (χ1n) is 15.3. The fraction of sp³-hybridized carbons (Fsp3) is 0.867. The number of hydrogen-bond donors (Lipinski definition) is 6. The smallest absolute Gasteiger partial charge is 0.348 e. The molecule has 12 atom stereocenters. The highest BCUT2D eigenvalue weighted by molar-refractivity contribution is 5.86. The minimum absolute atomic E-state index is 0.345. The van der Waals surface area contributed by atoms with Gasteiger partial charge in [-0.05, 0) is 25.2 Å². The van der Waals surface area contributed by atoms with Crippen LogP contribution in [0.15, 0.2) is 0 Å². The Labute approximate surface area is 259 Å². The quantitative estimate of drug-likeness (QED) is 0.0732. The number of carbonyl (C=O) groups excluding carboxylic acids is 4. The average molecular weight is 639 g/mol. The third-order valence-electron chi connectivity index (χ3n) is 8.05. The molecule has 0 radical (unpaired) electrons. The van der Waals surface area contributed by atoms with E-state index in [1.54, 1.807) is 55.4 Å². The van der Waals surface area contributed by atoms with Gasteiger partial charge in [0.05, 0.1) is 6.61 Å². The van der Waals surface area contributed by atoms with Crippen molar-refractivity contribution in [1.29, 1.82) is 0 Å². The van der Waals surface area contributed by atoms with E-state index in [9.17, 15) is 44.7 Å². The lowest BCUT2D eigenvalue weighted by molar-refractivity contribution is -0.194. The lowest BCUT2D eigenvalue weighted by Gasteiger charge is -2.29. The Morgan fingerprint density at radius 3 is 1.23 bits per heavy atom. The molecule has 44 heavy (non-hydrogen) atoms. The first-order chi connectivity index (χ1) is 20.5. The SMILES string of the molecule is CC[C@H](C)[C@H](O)C(=O)O[C@H](C(=O)O[C@H](C(=O)O[C@H](C(=O)OC[C@H](O)[C@H](O)[C@H](O)[C@H](O)CO)[C@@H](C)CC)[C@@H](C)CC)[C@@H](C)CC. The lowest BCUT2D eigenvalue weighted by atomic mass is 9.98. The number of esters is 4. The molecule has 0 amide bonds. The van der Waals surface area contributed by atoms with Crippen LogP contribution in [0.3, 0.4) is 0 Å². The normalized spacial score (nSPS) is 19.9. The third kappa shape index (κ3) is 12.6. The number of aliphatic hydroxyl groups excluding tert-OH is 6. The van der Waals surface area contributed by atoms with E-state index in [0.29, 0.717) is 25.7 Å². The van der Waals surface area contributed by atoms with Crippen LogP contribution in [-0.2, 0) is 38.1 Å². The molecule has 14 heteroatoms. The van der Waals surface area contributed by atoms with Gasteiger partial charge in [0.25, 0.3) is 0 Å². The van der Waals surface area contributed by atoms with Crippen molar-refractivity contribution in [1.82, 2.24) is 0 Å². The summed E-state index contributed by atoms with van der Waals surface area (Å²) in [5.41, 5.74) is 0. The number of aliphatic hydroxyl groups is 6. The summed E-state index contributed by atoms with van der Waals surface area (Å²) in [6.07, 6.45) is -11.8. The second-order valence-electron chi connectivity index (χ2n) is 11.5. The molecule has 0 spiro atoms. The molecular weight excluding hydrogens is 584 g/mol. The Kier molecular flexibility index (Phi) is 19.5. The first-order valence-corrected chi connectivity index (χ1v) is 15.3. The van der Waals surface area contributed by atoms with Crippen LogP contribution in [0.25, 0.3) is 0 Å². The molecule has 0 saturated heterocycles. The molecule has 0 unspecified atom stereocenters. The summed E-state index contributed by atoms with van der Waals surface area (Å²) in [5.74, 6) is -6.29. The molecule has 0 saturated carbocycles. The Hall–Kier alpha value is -2.36. The minimum Gasteiger partial charge on any atom is -0.460 e. The van der Waals surface area contributed by atoms with Gasteiger partial charge in [0.15, 0.2) is 6.10 Å². The van der Waals surface area contributed by atoms with Crippen molar-refractivity contribution in [2.45, 2.75) is 130 Å². The molecule has 0 aromatic heterocycles. The van der Waals surface area contributed by atoms with E-state index in [2.05, 4.69) is 0 Å². The highest BCUT2D eigenvalue weighted by atomic mass is 16.6. The number of hydrogen-bond acceptors (Lipinski definition) is 14. The molecule has 0 rings (SSSR count). The average Bonchev–Trinajstić information content (AvgIpc) is 3.03. The predicted octanol–water partition coefficient (Wildman–Crippen LogP) is 0.246. The van der Waals surface area contributed by atoms with Gasteiger partial charge in [0.2, 0.25) is 18.3 Å². The van der Waals surface area contributed by atoms with Crippen LogP contribution in [0.1, 0.15) is 81.1 Å². The zero-order valence-electron chi connectivity index (χ0n) is 27.1. The summed E-state index contributed by atoms with van der Waals surface area (Å²) >= 11 is 0. The van der Waals surface area contributed by atoms with Crippen molar-refractivity contribution < 1.29 is 68.8 Å². The van der Waals surface area contributed by atoms with Gasteiger partial charge >= 0.3 is 23.9 Å². The van der Waals surface area contributed by atoms with E-state index in [0.717, 1.165) is 0 Å². The third-order valence-corrected chi connectivity index (χ3v) is 8.05. The summed E-state index contributed by atoms with van der Waals surface area (Å²) < 4.78 is 21.4. The van der Waals surface area contributed by atoms with E-state index < -0.39 is 110 Å². The second-order valence-corrected chi connectivity index (χ2v) is 11.5. The van der Waals surface area contributed by atoms with Crippen LogP contribution in [0, 0.1) is 23.7 Å². The van der Waals surface area contributed by atoms with E-state index in [1.807, 2.05) is 0 Å².